The van der Waals surface area contributed by atoms with Crippen molar-refractivity contribution in [3.8, 4) is 0 Å². The molecule has 0 saturated carbocycles. The maximum Gasteiger partial charge on any atom is 0.105 e. The van der Waals surface area contributed by atoms with Gasteiger partial charge in [0, 0.05) is 12.6 Å². The van der Waals surface area contributed by atoms with Crippen LogP contribution in [0.2, 0.25) is 0 Å². The maximum atomic E-state index is 8.82. The van der Waals surface area contributed by atoms with Gasteiger partial charge in [0.15, 0.2) is 0 Å². The Morgan fingerprint density at radius 1 is 1.90 bits per heavy atom. The Kier molecular flexibility index (Phi) is 2.42. The highest BCUT2D eigenvalue weighted by Gasteiger charge is 2.02. The minimum absolute atomic E-state index is 0.469. The van der Waals surface area contributed by atoms with Gasteiger partial charge in [0.2, 0.25) is 0 Å². The molecule has 0 spiro atoms. The van der Waals surface area contributed by atoms with E-state index in [4.69, 9.17) is 5.21 Å². The molecule has 1 aromatic rings. The van der Waals surface area contributed by atoms with Gasteiger partial charge in [0.1, 0.15) is 4.60 Å². The number of rotatable bonds is 2. The first-order valence-corrected chi connectivity index (χ1v) is 3.57. The lowest BCUT2D eigenvalue weighted by Gasteiger charge is -2.04. The Balaban J connectivity index is 2.65. The molecular weight excluding hydrogens is 198 g/mol. The number of aromatic amines is 1. The van der Waals surface area contributed by atoms with Gasteiger partial charge in [-0.15, -0.1) is 0 Å². The maximum absolute atomic E-state index is 8.82. The molecule has 4 nitrogen and oxygen atoms in total. The van der Waals surface area contributed by atoms with E-state index in [1.54, 1.807) is 13.2 Å². The number of hydrogen-bond acceptors (Lipinski definition) is 3. The molecule has 1 heterocycles. The fourth-order valence-corrected chi connectivity index (χ4v) is 0.982. The molecule has 10 heavy (non-hydrogen) atoms. The second kappa shape index (κ2) is 3.14. The van der Waals surface area contributed by atoms with E-state index in [1.807, 2.05) is 0 Å². The number of H-pyrrole nitrogens is 1. The molecule has 0 aromatic carbocycles. The molecule has 0 atom stereocenters. The third-order valence-electron chi connectivity index (χ3n) is 1.06. The summed E-state index contributed by atoms with van der Waals surface area (Å²) in [5.74, 6) is 0. The standard InChI is InChI=1S/C5H8BrN3O/c1-9(10)3-4-2-7-8-5(4)6/h2,10H,3H2,1H3,(H,7,8). The lowest BCUT2D eigenvalue weighted by molar-refractivity contribution is -0.0733. The molecule has 0 aliphatic heterocycles. The highest BCUT2D eigenvalue weighted by atomic mass is 79.9. The number of nitrogens with zero attached hydrogens (tertiary/aromatic N) is 2. The van der Waals surface area contributed by atoms with Crippen LogP contribution in [0.4, 0.5) is 0 Å². The number of nitrogens with one attached hydrogen (secondary N) is 1. The summed E-state index contributed by atoms with van der Waals surface area (Å²) in [4.78, 5) is 0. The summed E-state index contributed by atoms with van der Waals surface area (Å²) in [6, 6.07) is 0. The van der Waals surface area contributed by atoms with Gasteiger partial charge in [-0.1, -0.05) is 0 Å². The van der Waals surface area contributed by atoms with Gasteiger partial charge in [-0.05, 0) is 15.9 Å². The van der Waals surface area contributed by atoms with Crippen LogP contribution in [0, 0.1) is 0 Å². The van der Waals surface area contributed by atoms with E-state index in [0.29, 0.717) is 6.54 Å². The molecule has 1 aromatic heterocycles. The van der Waals surface area contributed by atoms with Crippen molar-refractivity contribution in [1.82, 2.24) is 15.3 Å². The fraction of sp³-hybridized carbons (Fsp3) is 0.400. The van der Waals surface area contributed by atoms with Gasteiger partial charge in [-0.2, -0.15) is 10.2 Å². The molecule has 0 radical (unpaired) electrons. The minimum atomic E-state index is 0.469. The zero-order valence-electron chi connectivity index (χ0n) is 5.50. The summed E-state index contributed by atoms with van der Waals surface area (Å²) < 4.78 is 0.813. The SMILES string of the molecule is CN(O)Cc1cn[nH]c1Br. The van der Waals surface area contributed by atoms with E-state index in [0.717, 1.165) is 15.2 Å². The molecule has 0 fully saturated rings. The van der Waals surface area contributed by atoms with E-state index in [2.05, 4.69) is 26.1 Å². The third-order valence-corrected chi connectivity index (χ3v) is 1.75. The van der Waals surface area contributed by atoms with Crippen LogP contribution in [0.25, 0.3) is 0 Å². The monoisotopic (exact) mass is 205 g/mol. The fourth-order valence-electron chi connectivity index (χ4n) is 0.652. The first-order valence-electron chi connectivity index (χ1n) is 2.78. The quantitative estimate of drug-likeness (QED) is 0.709. The van der Waals surface area contributed by atoms with Crippen LogP contribution in [0.15, 0.2) is 10.8 Å². The van der Waals surface area contributed by atoms with Crippen LogP contribution in [-0.4, -0.2) is 27.5 Å². The van der Waals surface area contributed by atoms with Crippen LogP contribution in [-0.2, 0) is 6.54 Å². The smallest absolute Gasteiger partial charge is 0.105 e. The molecule has 2 N–H and O–H groups in total. The lowest BCUT2D eigenvalue weighted by Crippen LogP contribution is -2.11. The Labute approximate surface area is 66.9 Å². The molecule has 56 valence electrons. The third kappa shape index (κ3) is 1.80. The van der Waals surface area contributed by atoms with E-state index >= 15 is 0 Å². The van der Waals surface area contributed by atoms with Crippen molar-refractivity contribution in [3.05, 3.63) is 16.4 Å². The summed E-state index contributed by atoms with van der Waals surface area (Å²) >= 11 is 3.24. The molecule has 1 rings (SSSR count). The average Bonchev–Trinajstić information content (AvgIpc) is 2.15. The predicted molar refractivity (Wildman–Crippen MR) is 39.5 cm³/mol. The van der Waals surface area contributed by atoms with Crippen molar-refractivity contribution in [3.63, 3.8) is 0 Å². The van der Waals surface area contributed by atoms with E-state index in [9.17, 15) is 0 Å². The van der Waals surface area contributed by atoms with Gasteiger partial charge in [0.05, 0.1) is 12.7 Å². The van der Waals surface area contributed by atoms with Crippen LogP contribution in [0.5, 0.6) is 0 Å². The van der Waals surface area contributed by atoms with Gasteiger partial charge >= 0.3 is 0 Å². The minimum Gasteiger partial charge on any atom is -0.314 e. The number of halogens is 1. The second-order valence-corrected chi connectivity index (χ2v) is 2.82. The number of hydrogen-bond donors (Lipinski definition) is 2. The molecule has 0 aliphatic carbocycles. The molecular formula is C5H8BrN3O. The topological polar surface area (TPSA) is 52.1 Å². The first kappa shape index (κ1) is 7.71. The Morgan fingerprint density at radius 3 is 3.00 bits per heavy atom. The molecule has 0 bridgehead atoms. The van der Waals surface area contributed by atoms with E-state index in [-0.39, 0.29) is 0 Å². The molecule has 5 heteroatoms. The van der Waals surface area contributed by atoms with Crippen LogP contribution in [0.3, 0.4) is 0 Å². The highest BCUT2D eigenvalue weighted by Crippen LogP contribution is 2.12. The van der Waals surface area contributed by atoms with Crippen molar-refractivity contribution in [2.24, 2.45) is 0 Å². The van der Waals surface area contributed by atoms with Gasteiger partial charge in [0.25, 0.3) is 0 Å². The molecule has 0 aliphatic rings. The summed E-state index contributed by atoms with van der Waals surface area (Å²) in [5.41, 5.74) is 0.935. The molecule has 0 saturated heterocycles. The average molecular weight is 206 g/mol. The Hall–Kier alpha value is -0.390. The number of aromatic nitrogens is 2. The first-order chi connectivity index (χ1) is 4.70. The van der Waals surface area contributed by atoms with Crippen molar-refractivity contribution in [2.45, 2.75) is 6.54 Å². The van der Waals surface area contributed by atoms with Crippen molar-refractivity contribution >= 4 is 15.9 Å². The van der Waals surface area contributed by atoms with Crippen LogP contribution >= 0.6 is 15.9 Å². The zero-order chi connectivity index (χ0) is 7.56. The van der Waals surface area contributed by atoms with Gasteiger partial charge in [-0.25, -0.2) is 0 Å². The van der Waals surface area contributed by atoms with Gasteiger partial charge < -0.3 is 5.21 Å². The van der Waals surface area contributed by atoms with Crippen LogP contribution < -0.4 is 0 Å². The van der Waals surface area contributed by atoms with Crippen molar-refractivity contribution in [2.75, 3.05) is 7.05 Å². The number of hydroxylamine groups is 2. The van der Waals surface area contributed by atoms with Crippen LogP contribution in [0.1, 0.15) is 5.56 Å². The predicted octanol–water partition coefficient (Wildman–Crippen LogP) is 0.993. The summed E-state index contributed by atoms with van der Waals surface area (Å²) in [5, 5.41) is 16.4. The normalized spacial score (nSPS) is 10.8. The van der Waals surface area contributed by atoms with Crippen molar-refractivity contribution < 1.29 is 5.21 Å². The zero-order valence-corrected chi connectivity index (χ0v) is 7.09. The van der Waals surface area contributed by atoms with Gasteiger partial charge in [-0.3, -0.25) is 5.10 Å². The highest BCUT2D eigenvalue weighted by molar-refractivity contribution is 9.10. The summed E-state index contributed by atoms with van der Waals surface area (Å²) in [6.07, 6.45) is 1.66. The largest absolute Gasteiger partial charge is 0.314 e. The second-order valence-electron chi connectivity index (χ2n) is 2.02. The summed E-state index contributed by atoms with van der Waals surface area (Å²) in [6.45, 7) is 0.469. The van der Waals surface area contributed by atoms with E-state index in [1.165, 1.54) is 0 Å². The summed E-state index contributed by atoms with van der Waals surface area (Å²) in [7, 11) is 1.58. The van der Waals surface area contributed by atoms with E-state index < -0.39 is 0 Å². The Bertz CT molecular complexity index is 210. The molecule has 0 unspecified atom stereocenters. The lowest BCUT2D eigenvalue weighted by atomic mass is 10.4. The molecule has 0 amide bonds. The van der Waals surface area contributed by atoms with Crippen molar-refractivity contribution in [1.29, 1.82) is 0 Å². The Morgan fingerprint density at radius 2 is 2.60 bits per heavy atom.